The van der Waals surface area contributed by atoms with Gasteiger partial charge in [-0.1, -0.05) is 12.1 Å². The van der Waals surface area contributed by atoms with E-state index in [1.165, 1.54) is 42.9 Å². The molecule has 0 saturated heterocycles. The second kappa shape index (κ2) is 7.81. The first kappa shape index (κ1) is 23.0. The van der Waals surface area contributed by atoms with Crippen LogP contribution in [0.25, 0.3) is 0 Å². The zero-order valence-electron chi connectivity index (χ0n) is 16.9. The smallest absolute Gasteiger partial charge is 0.394 e. The van der Waals surface area contributed by atoms with E-state index in [9.17, 15) is 31.5 Å². The predicted molar refractivity (Wildman–Crippen MR) is 108 cm³/mol. The first-order chi connectivity index (χ1) is 14.3. The maximum Gasteiger partial charge on any atom is 0.416 e. The number of halogens is 3. The number of rotatable bonds is 4. The van der Waals surface area contributed by atoms with E-state index in [1.807, 2.05) is 0 Å². The van der Waals surface area contributed by atoms with Gasteiger partial charge in [0.05, 0.1) is 17.7 Å². The van der Waals surface area contributed by atoms with Gasteiger partial charge in [-0.3, -0.25) is 4.79 Å². The summed E-state index contributed by atoms with van der Waals surface area (Å²) in [6.45, 7) is 4.38. The van der Waals surface area contributed by atoms with Gasteiger partial charge in [-0.15, -0.1) is 6.58 Å². The first-order valence-electron chi connectivity index (χ1n) is 9.29. The molecule has 1 aliphatic heterocycles. The highest BCUT2D eigenvalue weighted by Gasteiger charge is 2.39. The summed E-state index contributed by atoms with van der Waals surface area (Å²) in [4.78, 5) is 12.8. The Morgan fingerprint density at radius 1 is 1.42 bits per heavy atom. The van der Waals surface area contributed by atoms with Crippen molar-refractivity contribution in [2.75, 3.05) is 11.9 Å². The van der Waals surface area contributed by atoms with Crippen molar-refractivity contribution in [3.8, 4) is 0 Å². The molecule has 0 bridgehead atoms. The standard InChI is InChI=1S/C20H22F3N3O4S/c1-4-19(11-27)8-7-14-16(31(29,30)25-19)10-26(3)17(14)18(28)24-13-6-5-12(2)15(9-13)20(21,22)23/h4-6,9-10,25,27H,1,7-8,11H2,2-3H3,(H,24,28). The topological polar surface area (TPSA) is 100 Å². The molecule has 1 atom stereocenters. The van der Waals surface area contributed by atoms with Crippen molar-refractivity contribution in [2.24, 2.45) is 7.05 Å². The van der Waals surface area contributed by atoms with Gasteiger partial charge in [0.2, 0.25) is 10.0 Å². The lowest BCUT2D eigenvalue weighted by Gasteiger charge is -2.27. The molecular weight excluding hydrogens is 435 g/mol. The number of benzene rings is 1. The molecule has 1 aliphatic rings. The molecule has 3 rings (SSSR count). The molecule has 11 heteroatoms. The van der Waals surface area contributed by atoms with E-state index in [4.69, 9.17) is 0 Å². The number of nitrogens with zero attached hydrogens (tertiary/aromatic N) is 1. The van der Waals surface area contributed by atoms with Crippen LogP contribution in [0.4, 0.5) is 18.9 Å². The van der Waals surface area contributed by atoms with Crippen molar-refractivity contribution in [2.45, 2.75) is 36.4 Å². The van der Waals surface area contributed by atoms with Crippen LogP contribution < -0.4 is 10.0 Å². The van der Waals surface area contributed by atoms with Crippen LogP contribution in [0, 0.1) is 6.92 Å². The fraction of sp³-hybridized carbons (Fsp3) is 0.350. The molecule has 2 aromatic rings. The van der Waals surface area contributed by atoms with Crippen LogP contribution in [0.1, 0.15) is 33.6 Å². The summed E-state index contributed by atoms with van der Waals surface area (Å²) in [7, 11) is -2.61. The third-order valence-electron chi connectivity index (χ3n) is 5.38. The number of aliphatic hydroxyl groups excluding tert-OH is 1. The fourth-order valence-electron chi connectivity index (χ4n) is 3.66. The second-order valence-corrected chi connectivity index (χ2v) is 9.19. The number of alkyl halides is 3. The number of amides is 1. The minimum atomic E-state index is -4.58. The van der Waals surface area contributed by atoms with Crippen LogP contribution in [-0.2, 0) is 29.7 Å². The summed E-state index contributed by atoms with van der Waals surface area (Å²) in [5.74, 6) is -0.744. The Balaban J connectivity index is 2.01. The van der Waals surface area contributed by atoms with Crippen molar-refractivity contribution in [3.63, 3.8) is 0 Å². The number of carbonyl (C=O) groups excluding carboxylic acids is 1. The van der Waals surface area contributed by atoms with Crippen molar-refractivity contribution < 1.29 is 31.5 Å². The summed E-state index contributed by atoms with van der Waals surface area (Å²) in [6, 6.07) is 3.43. The number of hydrogen-bond donors (Lipinski definition) is 3. The number of fused-ring (bicyclic) bond motifs is 1. The highest BCUT2D eigenvalue weighted by molar-refractivity contribution is 7.89. The monoisotopic (exact) mass is 457 g/mol. The van der Waals surface area contributed by atoms with Crippen LogP contribution in [0.3, 0.4) is 0 Å². The number of aliphatic hydroxyl groups is 1. The lowest BCUT2D eigenvalue weighted by atomic mass is 9.93. The van der Waals surface area contributed by atoms with Crippen LogP contribution in [0.2, 0.25) is 0 Å². The minimum Gasteiger partial charge on any atom is -0.394 e. The van der Waals surface area contributed by atoms with Gasteiger partial charge < -0.3 is 15.0 Å². The Labute approximate surface area is 177 Å². The van der Waals surface area contributed by atoms with Crippen molar-refractivity contribution in [1.29, 1.82) is 0 Å². The van der Waals surface area contributed by atoms with Crippen molar-refractivity contribution in [3.05, 3.63) is 59.4 Å². The maximum absolute atomic E-state index is 13.2. The Bertz CT molecular complexity index is 1160. The highest BCUT2D eigenvalue weighted by atomic mass is 32.2. The maximum atomic E-state index is 13.2. The summed E-state index contributed by atoms with van der Waals surface area (Å²) in [5, 5.41) is 12.1. The molecule has 0 spiro atoms. The molecule has 1 amide bonds. The zero-order chi connectivity index (χ0) is 23.2. The number of nitrogens with one attached hydrogen (secondary N) is 2. The van der Waals surface area contributed by atoms with Gasteiger partial charge in [0.15, 0.2) is 0 Å². The number of anilines is 1. The second-order valence-electron chi connectivity index (χ2n) is 7.54. The summed E-state index contributed by atoms with van der Waals surface area (Å²) in [6.07, 6.45) is -1.74. The predicted octanol–water partition coefficient (Wildman–Crippen LogP) is 2.75. The average Bonchev–Trinajstić information content (AvgIpc) is 2.98. The first-order valence-corrected chi connectivity index (χ1v) is 10.8. The van der Waals surface area contributed by atoms with Crippen LogP contribution in [0.5, 0.6) is 0 Å². The minimum absolute atomic E-state index is 0.00677. The highest BCUT2D eigenvalue weighted by Crippen LogP contribution is 2.34. The number of hydrogen-bond acceptors (Lipinski definition) is 4. The SMILES string of the molecule is C=CC1(CO)CCc2c(cn(C)c2C(=O)Nc2ccc(C)c(C(F)(F)F)c2)S(=O)(=O)N1. The van der Waals surface area contributed by atoms with Crippen molar-refractivity contribution in [1.82, 2.24) is 9.29 Å². The third kappa shape index (κ3) is 4.25. The molecule has 7 nitrogen and oxygen atoms in total. The van der Waals surface area contributed by atoms with E-state index < -0.39 is 39.8 Å². The molecule has 3 N–H and O–H groups in total. The Hall–Kier alpha value is -2.63. The van der Waals surface area contributed by atoms with Crippen LogP contribution >= 0.6 is 0 Å². The number of sulfonamides is 1. The van der Waals surface area contributed by atoms with Crippen LogP contribution in [0.15, 0.2) is 41.9 Å². The quantitative estimate of drug-likeness (QED) is 0.615. The summed E-state index contributed by atoms with van der Waals surface area (Å²) >= 11 is 0. The van der Waals surface area contributed by atoms with E-state index in [1.54, 1.807) is 0 Å². The molecule has 0 aliphatic carbocycles. The van der Waals surface area contributed by atoms with E-state index >= 15 is 0 Å². The van der Waals surface area contributed by atoms with Gasteiger partial charge in [0, 0.05) is 24.5 Å². The Morgan fingerprint density at radius 2 is 2.10 bits per heavy atom. The zero-order valence-corrected chi connectivity index (χ0v) is 17.7. The lowest BCUT2D eigenvalue weighted by Crippen LogP contribution is -2.48. The molecule has 1 aromatic heterocycles. The molecule has 1 unspecified atom stereocenters. The third-order valence-corrected chi connectivity index (χ3v) is 6.99. The molecule has 2 heterocycles. The molecule has 0 radical (unpaired) electrons. The molecule has 0 fully saturated rings. The lowest BCUT2D eigenvalue weighted by molar-refractivity contribution is -0.138. The number of aromatic nitrogens is 1. The van der Waals surface area contributed by atoms with Gasteiger partial charge in [-0.05, 0) is 37.5 Å². The van der Waals surface area contributed by atoms with E-state index in [-0.39, 0.29) is 40.2 Å². The molecule has 168 valence electrons. The van der Waals surface area contributed by atoms with E-state index in [0.717, 1.165) is 6.07 Å². The van der Waals surface area contributed by atoms with Crippen molar-refractivity contribution >= 4 is 21.6 Å². The Morgan fingerprint density at radius 3 is 2.68 bits per heavy atom. The van der Waals surface area contributed by atoms with Gasteiger partial charge in [-0.25, -0.2) is 8.42 Å². The molecule has 1 aromatic carbocycles. The molecule has 31 heavy (non-hydrogen) atoms. The fourth-order valence-corrected chi connectivity index (χ4v) is 5.37. The van der Waals surface area contributed by atoms with E-state index in [2.05, 4.69) is 16.6 Å². The van der Waals surface area contributed by atoms with Gasteiger partial charge in [-0.2, -0.15) is 17.9 Å². The van der Waals surface area contributed by atoms with E-state index in [0.29, 0.717) is 0 Å². The molecular formula is C20H22F3N3O4S. The molecule has 0 saturated carbocycles. The normalized spacial score (nSPS) is 20.6. The summed E-state index contributed by atoms with van der Waals surface area (Å²) in [5.41, 5.74) is -1.99. The number of carbonyl (C=O) groups is 1. The van der Waals surface area contributed by atoms with Crippen LogP contribution in [-0.4, -0.2) is 36.1 Å². The Kier molecular flexibility index (Phi) is 5.80. The number of aryl methyl sites for hydroxylation is 2. The van der Waals surface area contributed by atoms with Gasteiger partial charge in [0.1, 0.15) is 10.6 Å². The average molecular weight is 457 g/mol. The van der Waals surface area contributed by atoms with Gasteiger partial charge in [0.25, 0.3) is 5.91 Å². The van der Waals surface area contributed by atoms with Gasteiger partial charge >= 0.3 is 6.18 Å². The largest absolute Gasteiger partial charge is 0.416 e. The summed E-state index contributed by atoms with van der Waals surface area (Å²) < 4.78 is 68.9.